The van der Waals surface area contributed by atoms with Gasteiger partial charge in [-0.3, -0.25) is 0 Å². The van der Waals surface area contributed by atoms with Crippen molar-refractivity contribution in [1.82, 2.24) is 9.97 Å². The van der Waals surface area contributed by atoms with Gasteiger partial charge in [0.25, 0.3) is 0 Å². The second-order valence-corrected chi connectivity index (χ2v) is 5.64. The zero-order valence-corrected chi connectivity index (χ0v) is 14.0. The first kappa shape index (κ1) is 15.9. The number of methoxy groups -OCH3 is 1. The van der Waals surface area contributed by atoms with Gasteiger partial charge < -0.3 is 10.1 Å². The van der Waals surface area contributed by atoms with Crippen molar-refractivity contribution in [2.45, 2.75) is 26.4 Å². The first-order valence-corrected chi connectivity index (χ1v) is 7.85. The number of benzene rings is 1. The highest BCUT2D eigenvalue weighted by atomic mass is 79.9. The van der Waals surface area contributed by atoms with Crippen molar-refractivity contribution in [3.63, 3.8) is 0 Å². The van der Waals surface area contributed by atoms with E-state index >= 15 is 0 Å². The lowest BCUT2D eigenvalue weighted by Crippen LogP contribution is -2.08. The van der Waals surface area contributed by atoms with Crippen molar-refractivity contribution in [3.8, 4) is 0 Å². The van der Waals surface area contributed by atoms with Crippen molar-refractivity contribution in [2.75, 3.05) is 19.0 Å². The number of nitrogens with zero attached hydrogens (tertiary/aromatic N) is 2. The molecule has 0 aliphatic rings. The molecule has 0 amide bonds. The van der Waals surface area contributed by atoms with Gasteiger partial charge in [-0.25, -0.2) is 9.97 Å². The fourth-order valence-corrected chi connectivity index (χ4v) is 2.43. The van der Waals surface area contributed by atoms with Gasteiger partial charge in [0, 0.05) is 30.6 Å². The molecule has 0 aliphatic heterocycles. The molecule has 1 N–H and O–H groups in total. The minimum Gasteiger partial charge on any atom is -0.378 e. The molecule has 4 nitrogen and oxygen atoms in total. The minimum absolute atomic E-state index is 0.492. The predicted molar refractivity (Wildman–Crippen MR) is 88.5 cm³/mol. The topological polar surface area (TPSA) is 47.0 Å². The van der Waals surface area contributed by atoms with Gasteiger partial charge in [0.1, 0.15) is 11.6 Å². The summed E-state index contributed by atoms with van der Waals surface area (Å²) in [5, 5.41) is 3.32. The second kappa shape index (κ2) is 8.10. The van der Waals surface area contributed by atoms with Gasteiger partial charge in [-0.05, 0) is 18.1 Å². The molecule has 0 unspecified atom stereocenters. The van der Waals surface area contributed by atoms with Crippen molar-refractivity contribution in [1.29, 1.82) is 0 Å². The van der Waals surface area contributed by atoms with Crippen molar-refractivity contribution in [3.05, 3.63) is 51.9 Å². The van der Waals surface area contributed by atoms with Gasteiger partial charge in [-0.2, -0.15) is 0 Å². The highest BCUT2D eigenvalue weighted by Gasteiger charge is 2.07. The van der Waals surface area contributed by atoms with Crippen LogP contribution in [-0.4, -0.2) is 23.6 Å². The monoisotopic (exact) mass is 349 g/mol. The molecule has 1 aromatic heterocycles. The summed E-state index contributed by atoms with van der Waals surface area (Å²) in [6.45, 7) is 3.52. The van der Waals surface area contributed by atoms with Crippen LogP contribution in [0.15, 0.2) is 34.8 Å². The zero-order chi connectivity index (χ0) is 15.1. The summed E-state index contributed by atoms with van der Waals surface area (Å²) in [6.07, 6.45) is 1.75. The Morgan fingerprint density at radius 3 is 2.76 bits per heavy atom. The van der Waals surface area contributed by atoms with E-state index < -0.39 is 0 Å². The maximum absolute atomic E-state index is 5.19. The minimum atomic E-state index is 0.492. The van der Waals surface area contributed by atoms with Crippen molar-refractivity contribution in [2.24, 2.45) is 0 Å². The summed E-state index contributed by atoms with van der Waals surface area (Å²) in [6, 6.07) is 10.1. The van der Waals surface area contributed by atoms with E-state index in [2.05, 4.69) is 44.2 Å². The third-order valence-corrected chi connectivity index (χ3v) is 3.75. The number of nitrogens with one attached hydrogen (secondary N) is 1. The van der Waals surface area contributed by atoms with Crippen LogP contribution < -0.4 is 5.32 Å². The SMILES string of the molecule is CCCNc1cc(COC)nc(Cc2ccccc2Br)n1. The molecule has 1 aromatic carbocycles. The molecule has 0 aliphatic carbocycles. The highest BCUT2D eigenvalue weighted by Crippen LogP contribution is 2.19. The number of anilines is 1. The van der Waals surface area contributed by atoms with Crippen molar-refractivity contribution < 1.29 is 4.74 Å². The van der Waals surface area contributed by atoms with Crippen LogP contribution in [0.4, 0.5) is 5.82 Å². The van der Waals surface area contributed by atoms with E-state index in [0.717, 1.165) is 34.8 Å². The van der Waals surface area contributed by atoms with E-state index in [4.69, 9.17) is 4.74 Å². The largest absolute Gasteiger partial charge is 0.378 e. The summed E-state index contributed by atoms with van der Waals surface area (Å²) in [5.74, 6) is 1.66. The van der Waals surface area contributed by atoms with E-state index in [1.54, 1.807) is 7.11 Å². The first-order chi connectivity index (χ1) is 10.2. The molecule has 0 bridgehead atoms. The van der Waals surface area contributed by atoms with Gasteiger partial charge >= 0.3 is 0 Å². The molecule has 112 valence electrons. The van der Waals surface area contributed by atoms with Crippen LogP contribution in [0.5, 0.6) is 0 Å². The lowest BCUT2D eigenvalue weighted by atomic mass is 10.1. The summed E-state index contributed by atoms with van der Waals surface area (Å²) < 4.78 is 6.27. The molecule has 2 rings (SSSR count). The van der Waals surface area contributed by atoms with Crippen LogP contribution in [0.3, 0.4) is 0 Å². The molecule has 0 radical (unpaired) electrons. The molecule has 0 saturated carbocycles. The van der Waals surface area contributed by atoms with Crippen LogP contribution in [0.2, 0.25) is 0 Å². The molecule has 0 atom stereocenters. The molecule has 21 heavy (non-hydrogen) atoms. The zero-order valence-electron chi connectivity index (χ0n) is 12.4. The summed E-state index contributed by atoms with van der Waals surface area (Å²) >= 11 is 3.57. The Hall–Kier alpha value is -1.46. The van der Waals surface area contributed by atoms with Crippen molar-refractivity contribution >= 4 is 21.7 Å². The molecule has 0 spiro atoms. The Bertz CT molecular complexity index is 589. The second-order valence-electron chi connectivity index (χ2n) is 4.79. The molecule has 1 heterocycles. The number of hydrogen-bond acceptors (Lipinski definition) is 4. The van der Waals surface area contributed by atoms with E-state index in [1.807, 2.05) is 24.3 Å². The third kappa shape index (κ3) is 4.79. The normalized spacial score (nSPS) is 10.6. The number of aromatic nitrogens is 2. The number of hydrogen-bond donors (Lipinski definition) is 1. The average Bonchev–Trinajstić information content (AvgIpc) is 2.48. The lowest BCUT2D eigenvalue weighted by molar-refractivity contribution is 0.181. The first-order valence-electron chi connectivity index (χ1n) is 7.06. The average molecular weight is 350 g/mol. The molecular formula is C16H20BrN3O. The van der Waals surface area contributed by atoms with Crippen LogP contribution in [0.1, 0.15) is 30.4 Å². The van der Waals surface area contributed by atoms with Gasteiger partial charge in [-0.1, -0.05) is 41.1 Å². The molecule has 5 heteroatoms. The summed E-state index contributed by atoms with van der Waals surface area (Å²) in [4.78, 5) is 9.16. The highest BCUT2D eigenvalue weighted by molar-refractivity contribution is 9.10. The fourth-order valence-electron chi connectivity index (χ4n) is 2.01. The Labute approximate surface area is 134 Å². The van der Waals surface area contributed by atoms with E-state index in [0.29, 0.717) is 13.0 Å². The maximum Gasteiger partial charge on any atom is 0.135 e. The standard InChI is InChI=1S/C16H20BrN3O/c1-3-8-18-15-10-13(11-21-2)19-16(20-15)9-12-6-4-5-7-14(12)17/h4-7,10H,3,8-9,11H2,1-2H3,(H,18,19,20). The smallest absolute Gasteiger partial charge is 0.135 e. The van der Waals surface area contributed by atoms with E-state index in [1.165, 1.54) is 5.56 Å². The molecule has 0 fully saturated rings. The quantitative estimate of drug-likeness (QED) is 0.825. The number of halogens is 1. The number of ether oxygens (including phenoxy) is 1. The van der Waals surface area contributed by atoms with Gasteiger partial charge in [0.15, 0.2) is 0 Å². The Morgan fingerprint density at radius 1 is 1.24 bits per heavy atom. The van der Waals surface area contributed by atoms with Gasteiger partial charge in [-0.15, -0.1) is 0 Å². The summed E-state index contributed by atoms with van der Waals surface area (Å²) in [7, 11) is 1.68. The van der Waals surface area contributed by atoms with Crippen LogP contribution in [0, 0.1) is 0 Å². The Kier molecular flexibility index (Phi) is 6.14. The Morgan fingerprint density at radius 2 is 2.05 bits per heavy atom. The Balaban J connectivity index is 2.24. The molecule has 2 aromatic rings. The maximum atomic E-state index is 5.19. The van der Waals surface area contributed by atoms with Gasteiger partial charge in [0.05, 0.1) is 12.3 Å². The third-order valence-electron chi connectivity index (χ3n) is 2.98. The van der Waals surface area contributed by atoms with E-state index in [9.17, 15) is 0 Å². The van der Waals surface area contributed by atoms with Crippen LogP contribution >= 0.6 is 15.9 Å². The molecular weight excluding hydrogens is 330 g/mol. The lowest BCUT2D eigenvalue weighted by Gasteiger charge is -2.10. The van der Waals surface area contributed by atoms with Crippen LogP contribution in [0.25, 0.3) is 0 Å². The van der Waals surface area contributed by atoms with E-state index in [-0.39, 0.29) is 0 Å². The van der Waals surface area contributed by atoms with Gasteiger partial charge in [0.2, 0.25) is 0 Å². The van der Waals surface area contributed by atoms with Crippen LogP contribution in [-0.2, 0) is 17.8 Å². The summed E-state index contributed by atoms with van der Waals surface area (Å²) in [5.41, 5.74) is 2.07. The molecule has 0 saturated heterocycles. The predicted octanol–water partition coefficient (Wildman–Crippen LogP) is 3.80. The fraction of sp³-hybridized carbons (Fsp3) is 0.375. The number of rotatable bonds is 7.